The molecule has 1 aliphatic rings. The lowest BCUT2D eigenvalue weighted by atomic mass is 9.78. The Morgan fingerprint density at radius 2 is 1.96 bits per heavy atom. The monoisotopic (exact) mass is 392 g/mol. The molecule has 6 nitrogen and oxygen atoms in total. The minimum Gasteiger partial charge on any atom is -0.377 e. The predicted octanol–water partition coefficient (Wildman–Crippen LogP) is 3.16. The van der Waals surface area contributed by atoms with E-state index in [9.17, 15) is 9.18 Å². The number of anilines is 1. The molecule has 1 fully saturated rings. The van der Waals surface area contributed by atoms with Gasteiger partial charge in [-0.3, -0.25) is 4.79 Å². The van der Waals surface area contributed by atoms with Gasteiger partial charge in [0.2, 0.25) is 5.91 Å². The third-order valence-electron chi connectivity index (χ3n) is 4.68. The molecular weight excluding hydrogens is 359 g/mol. The Hall–Kier alpha value is -2.15. The molecule has 7 heteroatoms. The highest BCUT2D eigenvalue weighted by molar-refractivity contribution is 5.94. The number of hydrogen-bond donors (Lipinski definition) is 3. The lowest BCUT2D eigenvalue weighted by Gasteiger charge is -2.40. The lowest BCUT2D eigenvalue weighted by molar-refractivity contribution is -0.114. The number of nitrogens with zero attached hydrogens (tertiary/aromatic N) is 1. The maximum Gasteiger partial charge on any atom is 0.246 e. The standard InChI is InChI=1S/C21H33FN4O2/c1-5-23-20(24-13-15-7-6-12-28-19(15)21(2,3)4)25-14-18(27)26-17-10-8-16(22)9-11-17/h8-11,15,19H,5-7,12-14H2,1-4H3,(H,26,27)(H2,23,24,25). The summed E-state index contributed by atoms with van der Waals surface area (Å²) in [6, 6.07) is 5.66. The van der Waals surface area contributed by atoms with E-state index in [4.69, 9.17) is 4.74 Å². The number of aliphatic imine (C=N–C) groups is 1. The molecule has 156 valence electrons. The van der Waals surface area contributed by atoms with Crippen LogP contribution >= 0.6 is 0 Å². The van der Waals surface area contributed by atoms with Crippen LogP contribution in [0.4, 0.5) is 10.1 Å². The van der Waals surface area contributed by atoms with Crippen molar-refractivity contribution in [1.82, 2.24) is 10.6 Å². The molecular formula is C21H33FN4O2. The fourth-order valence-corrected chi connectivity index (χ4v) is 3.46. The summed E-state index contributed by atoms with van der Waals surface area (Å²) in [4.78, 5) is 16.5. The van der Waals surface area contributed by atoms with E-state index in [2.05, 4.69) is 41.7 Å². The fourth-order valence-electron chi connectivity index (χ4n) is 3.46. The van der Waals surface area contributed by atoms with Crippen LogP contribution < -0.4 is 16.0 Å². The van der Waals surface area contributed by atoms with E-state index >= 15 is 0 Å². The van der Waals surface area contributed by atoms with Crippen LogP contribution in [0.25, 0.3) is 0 Å². The van der Waals surface area contributed by atoms with Crippen molar-refractivity contribution in [3.8, 4) is 0 Å². The van der Waals surface area contributed by atoms with Crippen molar-refractivity contribution in [3.05, 3.63) is 30.1 Å². The largest absolute Gasteiger partial charge is 0.377 e. The smallest absolute Gasteiger partial charge is 0.246 e. The number of carbonyl (C=O) groups is 1. The van der Waals surface area contributed by atoms with E-state index < -0.39 is 0 Å². The number of rotatable bonds is 6. The third kappa shape index (κ3) is 7.11. The Morgan fingerprint density at radius 3 is 2.61 bits per heavy atom. The Morgan fingerprint density at radius 1 is 1.25 bits per heavy atom. The second kappa shape index (κ2) is 10.4. The van der Waals surface area contributed by atoms with Gasteiger partial charge in [-0.15, -0.1) is 0 Å². The molecule has 0 saturated carbocycles. The zero-order valence-electron chi connectivity index (χ0n) is 17.3. The zero-order chi connectivity index (χ0) is 20.6. The molecule has 1 aromatic carbocycles. The number of guanidine groups is 1. The van der Waals surface area contributed by atoms with Crippen molar-refractivity contribution in [3.63, 3.8) is 0 Å². The molecule has 0 bridgehead atoms. The normalized spacial score (nSPS) is 20.5. The van der Waals surface area contributed by atoms with Crippen molar-refractivity contribution in [1.29, 1.82) is 0 Å². The van der Waals surface area contributed by atoms with Crippen LogP contribution in [0.5, 0.6) is 0 Å². The molecule has 1 aliphatic heterocycles. The van der Waals surface area contributed by atoms with Gasteiger partial charge in [-0.05, 0) is 49.4 Å². The first-order valence-corrected chi connectivity index (χ1v) is 9.98. The number of benzene rings is 1. The molecule has 1 aromatic rings. The maximum atomic E-state index is 12.9. The maximum absolute atomic E-state index is 12.9. The van der Waals surface area contributed by atoms with Crippen molar-refractivity contribution in [2.45, 2.75) is 46.6 Å². The highest BCUT2D eigenvalue weighted by Crippen LogP contribution is 2.33. The van der Waals surface area contributed by atoms with Crippen LogP contribution in [0.15, 0.2) is 29.3 Å². The SMILES string of the molecule is CCNC(=NCC(=O)Nc1ccc(F)cc1)NCC1CCCOC1C(C)(C)C. The molecule has 2 atom stereocenters. The van der Waals surface area contributed by atoms with E-state index in [0.29, 0.717) is 24.1 Å². The van der Waals surface area contributed by atoms with Crippen LogP contribution in [-0.2, 0) is 9.53 Å². The number of halogens is 1. The van der Waals surface area contributed by atoms with Crippen molar-refractivity contribution in [2.75, 3.05) is 31.6 Å². The molecule has 1 saturated heterocycles. The summed E-state index contributed by atoms with van der Waals surface area (Å²) in [5.41, 5.74) is 0.629. The highest BCUT2D eigenvalue weighted by atomic mass is 19.1. The Labute approximate surface area is 167 Å². The first-order chi connectivity index (χ1) is 13.3. The van der Waals surface area contributed by atoms with E-state index in [1.165, 1.54) is 24.3 Å². The van der Waals surface area contributed by atoms with Gasteiger partial charge in [-0.1, -0.05) is 20.8 Å². The lowest BCUT2D eigenvalue weighted by Crippen LogP contribution is -2.47. The van der Waals surface area contributed by atoms with Gasteiger partial charge in [0.25, 0.3) is 0 Å². The molecule has 0 radical (unpaired) electrons. The first-order valence-electron chi connectivity index (χ1n) is 9.98. The number of hydrogen-bond acceptors (Lipinski definition) is 3. The number of carbonyl (C=O) groups excluding carboxylic acids is 1. The van der Waals surface area contributed by atoms with Gasteiger partial charge in [0, 0.05) is 31.3 Å². The number of nitrogens with one attached hydrogen (secondary N) is 3. The fraction of sp³-hybridized carbons (Fsp3) is 0.619. The summed E-state index contributed by atoms with van der Waals surface area (Å²) in [7, 11) is 0. The molecule has 0 aromatic heterocycles. The number of ether oxygens (including phenoxy) is 1. The molecule has 0 aliphatic carbocycles. The van der Waals surface area contributed by atoms with Crippen LogP contribution in [0, 0.1) is 17.2 Å². The van der Waals surface area contributed by atoms with Crippen LogP contribution in [-0.4, -0.2) is 44.2 Å². The molecule has 3 N–H and O–H groups in total. The molecule has 2 unspecified atom stereocenters. The van der Waals surface area contributed by atoms with E-state index in [1.54, 1.807) is 0 Å². The molecule has 1 heterocycles. The van der Waals surface area contributed by atoms with Crippen LogP contribution in [0.1, 0.15) is 40.5 Å². The quantitative estimate of drug-likeness (QED) is 0.514. The zero-order valence-corrected chi connectivity index (χ0v) is 17.3. The summed E-state index contributed by atoms with van der Waals surface area (Å²) >= 11 is 0. The minimum atomic E-state index is -0.338. The predicted molar refractivity (Wildman–Crippen MR) is 111 cm³/mol. The van der Waals surface area contributed by atoms with Gasteiger partial charge in [-0.25, -0.2) is 9.38 Å². The first kappa shape index (κ1) is 22.1. The summed E-state index contributed by atoms with van der Waals surface area (Å²) in [6.45, 7) is 10.8. The summed E-state index contributed by atoms with van der Waals surface area (Å²) in [6.07, 6.45) is 2.37. The second-order valence-corrected chi connectivity index (χ2v) is 8.19. The van der Waals surface area contributed by atoms with E-state index in [0.717, 1.165) is 26.0 Å². The van der Waals surface area contributed by atoms with Gasteiger partial charge in [0.15, 0.2) is 5.96 Å². The summed E-state index contributed by atoms with van der Waals surface area (Å²) < 4.78 is 19.0. The molecule has 1 amide bonds. The third-order valence-corrected chi connectivity index (χ3v) is 4.68. The average Bonchev–Trinajstić information content (AvgIpc) is 2.65. The van der Waals surface area contributed by atoms with Crippen molar-refractivity contribution in [2.24, 2.45) is 16.3 Å². The van der Waals surface area contributed by atoms with Crippen molar-refractivity contribution >= 4 is 17.6 Å². The van der Waals surface area contributed by atoms with Crippen LogP contribution in [0.3, 0.4) is 0 Å². The topological polar surface area (TPSA) is 74.8 Å². The van der Waals surface area contributed by atoms with Gasteiger partial charge >= 0.3 is 0 Å². The van der Waals surface area contributed by atoms with E-state index in [1.807, 2.05) is 6.92 Å². The highest BCUT2D eigenvalue weighted by Gasteiger charge is 2.35. The van der Waals surface area contributed by atoms with E-state index in [-0.39, 0.29) is 29.8 Å². The molecule has 28 heavy (non-hydrogen) atoms. The van der Waals surface area contributed by atoms with Crippen LogP contribution in [0.2, 0.25) is 0 Å². The molecule has 2 rings (SSSR count). The summed E-state index contributed by atoms with van der Waals surface area (Å²) in [5, 5.41) is 9.23. The Kier molecular flexibility index (Phi) is 8.23. The van der Waals surface area contributed by atoms with Gasteiger partial charge in [0.05, 0.1) is 6.10 Å². The van der Waals surface area contributed by atoms with Gasteiger partial charge in [0.1, 0.15) is 12.4 Å². The summed E-state index contributed by atoms with van der Waals surface area (Å²) in [5.74, 6) is 0.410. The Balaban J connectivity index is 1.90. The molecule has 0 spiro atoms. The van der Waals surface area contributed by atoms with Crippen molar-refractivity contribution < 1.29 is 13.9 Å². The average molecular weight is 393 g/mol. The Bertz CT molecular complexity index is 655. The number of amides is 1. The van der Waals surface area contributed by atoms with Gasteiger partial charge in [-0.2, -0.15) is 0 Å². The van der Waals surface area contributed by atoms with Gasteiger partial charge < -0.3 is 20.7 Å². The minimum absolute atomic E-state index is 0.0173. The second-order valence-electron chi connectivity index (χ2n) is 8.19.